The van der Waals surface area contributed by atoms with Gasteiger partial charge in [-0.3, -0.25) is 5.01 Å². The summed E-state index contributed by atoms with van der Waals surface area (Å²) in [6.07, 6.45) is 3.57. The van der Waals surface area contributed by atoms with Gasteiger partial charge in [-0.1, -0.05) is 48.6 Å². The molecular weight excluding hydrogens is 330 g/mol. The monoisotopic (exact) mass is 353 g/mol. The van der Waals surface area contributed by atoms with Gasteiger partial charge in [0.1, 0.15) is 5.75 Å². The lowest BCUT2D eigenvalue weighted by atomic mass is 10.1. The maximum Gasteiger partial charge on any atom is 0.344 e. The number of ether oxygens (including phenoxy) is 1. The third-order valence-corrected chi connectivity index (χ3v) is 3.51. The van der Waals surface area contributed by atoms with Gasteiger partial charge in [0.15, 0.2) is 6.10 Å². The van der Waals surface area contributed by atoms with Gasteiger partial charge in [0.25, 0.3) is 0 Å². The largest absolute Gasteiger partial charge is 0.479 e. The number of rotatable bonds is 8. The Morgan fingerprint density at radius 1 is 1.08 bits per heavy atom. The molecule has 0 amide bonds. The number of hydrogen-bond acceptors (Lipinski definition) is 4. The SMILES string of the molecule is CCC(Oc1ccc(/C=C\c2ccc(/N=N/N(C)C)cc2)cc1)C(=O)O. The Morgan fingerprint density at radius 3 is 2.08 bits per heavy atom. The summed E-state index contributed by atoms with van der Waals surface area (Å²) in [4.78, 5) is 11.0. The number of nitrogens with zero attached hydrogens (tertiary/aromatic N) is 3. The van der Waals surface area contributed by atoms with Crippen molar-refractivity contribution in [2.45, 2.75) is 19.4 Å². The van der Waals surface area contributed by atoms with Gasteiger partial charge in [-0.25, -0.2) is 4.79 Å². The van der Waals surface area contributed by atoms with Crippen LogP contribution in [0.4, 0.5) is 5.69 Å². The van der Waals surface area contributed by atoms with E-state index in [0.29, 0.717) is 12.2 Å². The number of benzene rings is 2. The van der Waals surface area contributed by atoms with Gasteiger partial charge >= 0.3 is 5.97 Å². The lowest BCUT2D eigenvalue weighted by molar-refractivity contribution is -0.145. The summed E-state index contributed by atoms with van der Waals surface area (Å²) in [6.45, 7) is 1.78. The van der Waals surface area contributed by atoms with Crippen LogP contribution in [0.5, 0.6) is 5.75 Å². The first kappa shape index (κ1) is 19.2. The van der Waals surface area contributed by atoms with Crippen LogP contribution in [0.2, 0.25) is 0 Å². The minimum absolute atomic E-state index is 0.418. The predicted octanol–water partition coefficient (Wildman–Crippen LogP) is 4.66. The zero-order chi connectivity index (χ0) is 18.9. The third kappa shape index (κ3) is 6.05. The molecular formula is C20H23N3O3. The summed E-state index contributed by atoms with van der Waals surface area (Å²) >= 11 is 0. The molecule has 2 rings (SSSR count). The van der Waals surface area contributed by atoms with E-state index in [4.69, 9.17) is 9.84 Å². The Kier molecular flexibility index (Phi) is 6.91. The van der Waals surface area contributed by atoms with Crippen LogP contribution in [0, 0.1) is 0 Å². The fourth-order valence-corrected chi connectivity index (χ4v) is 2.12. The van der Waals surface area contributed by atoms with Crippen LogP contribution in [-0.2, 0) is 4.79 Å². The Bertz CT molecular complexity index is 766. The van der Waals surface area contributed by atoms with Crippen molar-refractivity contribution in [3.8, 4) is 5.75 Å². The lowest BCUT2D eigenvalue weighted by Gasteiger charge is -2.12. The van der Waals surface area contributed by atoms with Crippen molar-refractivity contribution < 1.29 is 14.6 Å². The summed E-state index contributed by atoms with van der Waals surface area (Å²) in [5.74, 6) is -0.406. The third-order valence-electron chi connectivity index (χ3n) is 3.51. The Balaban J connectivity index is 1.98. The number of carboxylic acids is 1. The molecule has 0 saturated carbocycles. The summed E-state index contributed by atoms with van der Waals surface area (Å²) in [7, 11) is 3.64. The van der Waals surface area contributed by atoms with Gasteiger partial charge < -0.3 is 9.84 Å². The van der Waals surface area contributed by atoms with Crippen LogP contribution in [0.1, 0.15) is 24.5 Å². The molecule has 0 radical (unpaired) electrons. The molecule has 0 aliphatic carbocycles. The lowest BCUT2D eigenvalue weighted by Crippen LogP contribution is -2.25. The van der Waals surface area contributed by atoms with Gasteiger partial charge in [0, 0.05) is 14.1 Å². The van der Waals surface area contributed by atoms with Gasteiger partial charge in [0.2, 0.25) is 0 Å². The molecule has 0 bridgehead atoms. The molecule has 1 unspecified atom stereocenters. The Hall–Kier alpha value is -3.15. The van der Waals surface area contributed by atoms with E-state index >= 15 is 0 Å². The summed E-state index contributed by atoms with van der Waals surface area (Å²) in [6, 6.07) is 15.1. The van der Waals surface area contributed by atoms with Crippen LogP contribution in [-0.4, -0.2) is 36.3 Å². The number of aliphatic carboxylic acids is 1. The first-order chi connectivity index (χ1) is 12.5. The van der Waals surface area contributed by atoms with Crippen molar-refractivity contribution in [2.75, 3.05) is 14.1 Å². The molecule has 6 nitrogen and oxygen atoms in total. The van der Waals surface area contributed by atoms with Crippen molar-refractivity contribution in [3.05, 3.63) is 59.7 Å². The minimum atomic E-state index is -0.954. The van der Waals surface area contributed by atoms with Crippen LogP contribution in [0.3, 0.4) is 0 Å². The summed E-state index contributed by atoms with van der Waals surface area (Å²) < 4.78 is 5.45. The summed E-state index contributed by atoms with van der Waals surface area (Å²) in [5, 5.41) is 18.7. The molecule has 0 aliphatic heterocycles. The summed E-state index contributed by atoms with van der Waals surface area (Å²) in [5.41, 5.74) is 2.84. The van der Waals surface area contributed by atoms with E-state index in [-0.39, 0.29) is 0 Å². The van der Waals surface area contributed by atoms with E-state index in [1.54, 1.807) is 24.1 Å². The average Bonchev–Trinajstić information content (AvgIpc) is 2.64. The molecule has 6 heteroatoms. The van der Waals surface area contributed by atoms with E-state index in [1.807, 2.05) is 62.6 Å². The predicted molar refractivity (Wildman–Crippen MR) is 102 cm³/mol. The first-order valence-electron chi connectivity index (χ1n) is 8.34. The number of carbonyl (C=O) groups is 1. The molecule has 0 aromatic heterocycles. The number of carboxylic acid groups (broad SMARTS) is 1. The van der Waals surface area contributed by atoms with Crippen LogP contribution in [0.25, 0.3) is 12.2 Å². The van der Waals surface area contributed by atoms with E-state index in [0.717, 1.165) is 16.8 Å². The molecule has 0 fully saturated rings. The standard InChI is InChI=1S/C20H23N3O3/c1-4-19(20(24)25)26-18-13-9-16(10-14-18)6-5-15-7-11-17(12-8-15)21-22-23(2)3/h5-14,19H,4H2,1-3H3,(H,24,25)/b6-5-,22-21+. The molecule has 0 aliphatic rings. The van der Waals surface area contributed by atoms with Gasteiger partial charge in [-0.15, -0.1) is 5.11 Å². The maximum absolute atomic E-state index is 11.0. The van der Waals surface area contributed by atoms with Crippen molar-refractivity contribution in [2.24, 2.45) is 10.3 Å². The Morgan fingerprint density at radius 2 is 1.62 bits per heavy atom. The molecule has 2 aromatic carbocycles. The zero-order valence-electron chi connectivity index (χ0n) is 15.2. The fourth-order valence-electron chi connectivity index (χ4n) is 2.12. The van der Waals surface area contributed by atoms with Crippen LogP contribution >= 0.6 is 0 Å². The highest BCUT2D eigenvalue weighted by molar-refractivity contribution is 5.73. The number of hydrogen-bond donors (Lipinski definition) is 1. The van der Waals surface area contributed by atoms with Crippen LogP contribution < -0.4 is 4.74 Å². The van der Waals surface area contributed by atoms with E-state index in [1.165, 1.54) is 0 Å². The molecule has 0 spiro atoms. The highest BCUT2D eigenvalue weighted by Crippen LogP contribution is 2.18. The zero-order valence-corrected chi connectivity index (χ0v) is 15.2. The van der Waals surface area contributed by atoms with Crippen molar-refractivity contribution in [1.29, 1.82) is 0 Å². The van der Waals surface area contributed by atoms with E-state index in [9.17, 15) is 4.79 Å². The van der Waals surface area contributed by atoms with E-state index in [2.05, 4.69) is 10.3 Å². The quantitative estimate of drug-likeness (QED) is 0.425. The maximum atomic E-state index is 11.0. The van der Waals surface area contributed by atoms with Crippen molar-refractivity contribution in [3.63, 3.8) is 0 Å². The molecule has 1 atom stereocenters. The second-order valence-corrected chi connectivity index (χ2v) is 5.88. The molecule has 26 heavy (non-hydrogen) atoms. The molecule has 2 aromatic rings. The molecule has 136 valence electrons. The van der Waals surface area contributed by atoms with Gasteiger partial charge in [-0.05, 0) is 41.8 Å². The average molecular weight is 353 g/mol. The van der Waals surface area contributed by atoms with E-state index < -0.39 is 12.1 Å². The highest BCUT2D eigenvalue weighted by atomic mass is 16.5. The second kappa shape index (κ2) is 9.36. The van der Waals surface area contributed by atoms with Crippen LogP contribution in [0.15, 0.2) is 58.9 Å². The molecule has 0 heterocycles. The molecule has 0 saturated heterocycles. The second-order valence-electron chi connectivity index (χ2n) is 5.88. The first-order valence-corrected chi connectivity index (χ1v) is 8.34. The normalized spacial score (nSPS) is 12.4. The van der Waals surface area contributed by atoms with Gasteiger partial charge in [-0.2, -0.15) is 0 Å². The minimum Gasteiger partial charge on any atom is -0.479 e. The topological polar surface area (TPSA) is 74.5 Å². The Labute approximate surface area is 153 Å². The van der Waals surface area contributed by atoms with Gasteiger partial charge in [0.05, 0.1) is 5.69 Å². The van der Waals surface area contributed by atoms with Crippen molar-refractivity contribution >= 4 is 23.8 Å². The molecule has 1 N–H and O–H groups in total. The smallest absolute Gasteiger partial charge is 0.344 e. The fraction of sp³-hybridized carbons (Fsp3) is 0.250. The highest BCUT2D eigenvalue weighted by Gasteiger charge is 2.16. The van der Waals surface area contributed by atoms with Crippen molar-refractivity contribution in [1.82, 2.24) is 5.01 Å².